The zero-order valence-electron chi connectivity index (χ0n) is 16.2. The number of ether oxygens (including phenoxy) is 1. The zero-order chi connectivity index (χ0) is 19.2. The molecule has 5 heteroatoms. The van der Waals surface area contributed by atoms with E-state index in [1.807, 2.05) is 37.3 Å². The highest BCUT2D eigenvalue weighted by Gasteiger charge is 2.15. The first-order valence-electron chi connectivity index (χ1n) is 9.22. The molecule has 1 amide bonds. The molecular weight excluding hydrogens is 338 g/mol. The van der Waals surface area contributed by atoms with Crippen molar-refractivity contribution in [2.75, 3.05) is 50.6 Å². The lowest BCUT2D eigenvalue weighted by Gasteiger charge is -2.34. The van der Waals surface area contributed by atoms with Crippen LogP contribution in [0.25, 0.3) is 6.08 Å². The minimum atomic E-state index is -0.145. The van der Waals surface area contributed by atoms with Gasteiger partial charge in [-0.05, 0) is 61.5 Å². The molecule has 0 aliphatic carbocycles. The number of carbonyl (C=O) groups is 1. The minimum absolute atomic E-state index is 0.145. The molecule has 1 aliphatic rings. The van der Waals surface area contributed by atoms with E-state index in [1.165, 1.54) is 5.69 Å². The molecule has 0 spiro atoms. The molecule has 0 radical (unpaired) electrons. The van der Waals surface area contributed by atoms with E-state index in [0.717, 1.165) is 48.7 Å². The second-order valence-electron chi connectivity index (χ2n) is 6.89. The number of hydrogen-bond donors (Lipinski definition) is 1. The standard InChI is InChI=1S/C22H27N3O2/c1-17-15-19(25-13-11-24(2)12-14-25)8-9-21(17)23-22(26)10-7-18-5-4-6-20(16-18)27-3/h4-10,15-16H,11-14H2,1-3H3,(H,23,26)/b10-7+. The van der Waals surface area contributed by atoms with Crippen LogP contribution in [0.2, 0.25) is 0 Å². The topological polar surface area (TPSA) is 44.8 Å². The zero-order valence-corrected chi connectivity index (χ0v) is 16.2. The number of piperazine rings is 1. The lowest BCUT2D eigenvalue weighted by molar-refractivity contribution is -0.111. The van der Waals surface area contributed by atoms with Gasteiger partial charge in [-0.25, -0.2) is 0 Å². The Labute approximate surface area is 161 Å². The fraction of sp³-hybridized carbons (Fsp3) is 0.318. The van der Waals surface area contributed by atoms with Gasteiger partial charge in [0.1, 0.15) is 5.75 Å². The van der Waals surface area contributed by atoms with Crippen LogP contribution in [-0.2, 0) is 4.79 Å². The number of nitrogens with zero attached hydrogens (tertiary/aromatic N) is 2. The maximum Gasteiger partial charge on any atom is 0.248 e. The van der Waals surface area contributed by atoms with Gasteiger partial charge >= 0.3 is 0 Å². The third-order valence-electron chi connectivity index (χ3n) is 4.86. The van der Waals surface area contributed by atoms with Crippen molar-refractivity contribution in [3.63, 3.8) is 0 Å². The summed E-state index contributed by atoms with van der Waals surface area (Å²) >= 11 is 0. The summed E-state index contributed by atoms with van der Waals surface area (Å²) in [6, 6.07) is 13.8. The molecule has 3 rings (SSSR count). The molecule has 1 heterocycles. The van der Waals surface area contributed by atoms with Gasteiger partial charge in [0.25, 0.3) is 0 Å². The molecule has 2 aromatic rings. The minimum Gasteiger partial charge on any atom is -0.497 e. The van der Waals surface area contributed by atoms with Gasteiger partial charge in [0.2, 0.25) is 5.91 Å². The van der Waals surface area contributed by atoms with E-state index in [9.17, 15) is 4.79 Å². The lowest BCUT2D eigenvalue weighted by Crippen LogP contribution is -2.44. The van der Waals surface area contributed by atoms with Crippen molar-refractivity contribution in [1.29, 1.82) is 0 Å². The molecule has 0 unspecified atom stereocenters. The highest BCUT2D eigenvalue weighted by Crippen LogP contribution is 2.24. The van der Waals surface area contributed by atoms with Crippen LogP contribution in [0.15, 0.2) is 48.5 Å². The fourth-order valence-electron chi connectivity index (χ4n) is 3.14. The van der Waals surface area contributed by atoms with Crippen molar-refractivity contribution in [3.05, 3.63) is 59.7 Å². The van der Waals surface area contributed by atoms with E-state index in [1.54, 1.807) is 19.3 Å². The van der Waals surface area contributed by atoms with Crippen molar-refractivity contribution in [2.45, 2.75) is 6.92 Å². The van der Waals surface area contributed by atoms with Crippen LogP contribution in [0.4, 0.5) is 11.4 Å². The van der Waals surface area contributed by atoms with Crippen LogP contribution in [0.1, 0.15) is 11.1 Å². The molecule has 1 N–H and O–H groups in total. The van der Waals surface area contributed by atoms with E-state index < -0.39 is 0 Å². The van der Waals surface area contributed by atoms with Crippen LogP contribution >= 0.6 is 0 Å². The van der Waals surface area contributed by atoms with Crippen molar-refractivity contribution < 1.29 is 9.53 Å². The van der Waals surface area contributed by atoms with Crippen molar-refractivity contribution in [3.8, 4) is 5.75 Å². The van der Waals surface area contributed by atoms with Crippen LogP contribution < -0.4 is 15.0 Å². The summed E-state index contributed by atoms with van der Waals surface area (Å²) in [5.74, 6) is 0.626. The SMILES string of the molecule is COc1cccc(/C=C/C(=O)Nc2ccc(N3CCN(C)CC3)cc2C)c1. The van der Waals surface area contributed by atoms with Gasteiger partial charge in [0, 0.05) is 43.6 Å². The van der Waals surface area contributed by atoms with Crippen LogP contribution in [-0.4, -0.2) is 51.1 Å². The third kappa shape index (κ3) is 5.11. The maximum atomic E-state index is 12.3. The van der Waals surface area contributed by atoms with Crippen molar-refractivity contribution >= 4 is 23.4 Å². The summed E-state index contributed by atoms with van der Waals surface area (Å²) in [5.41, 5.74) is 4.04. The van der Waals surface area contributed by atoms with E-state index >= 15 is 0 Å². The Hall–Kier alpha value is -2.79. The second kappa shape index (κ2) is 8.73. The average molecular weight is 365 g/mol. The number of nitrogens with one attached hydrogen (secondary N) is 1. The molecule has 0 saturated carbocycles. The maximum absolute atomic E-state index is 12.3. The van der Waals surface area contributed by atoms with Gasteiger partial charge in [-0.3, -0.25) is 4.79 Å². The smallest absolute Gasteiger partial charge is 0.248 e. The highest BCUT2D eigenvalue weighted by molar-refractivity contribution is 6.02. The number of benzene rings is 2. The summed E-state index contributed by atoms with van der Waals surface area (Å²) in [6.45, 7) is 6.25. The predicted molar refractivity (Wildman–Crippen MR) is 112 cm³/mol. The molecule has 5 nitrogen and oxygen atoms in total. The van der Waals surface area contributed by atoms with Crippen molar-refractivity contribution in [2.24, 2.45) is 0 Å². The number of methoxy groups -OCH3 is 1. The molecule has 1 saturated heterocycles. The predicted octanol–water partition coefficient (Wildman–Crippen LogP) is 3.41. The van der Waals surface area contributed by atoms with E-state index in [4.69, 9.17) is 4.74 Å². The summed E-state index contributed by atoms with van der Waals surface area (Å²) in [5, 5.41) is 2.96. The number of likely N-dealkylation sites (N-methyl/N-ethyl adjacent to an activating group) is 1. The lowest BCUT2D eigenvalue weighted by atomic mass is 10.1. The fourth-order valence-corrected chi connectivity index (χ4v) is 3.14. The normalized spacial score (nSPS) is 15.1. The molecule has 0 atom stereocenters. The van der Waals surface area contributed by atoms with Gasteiger partial charge in [0.05, 0.1) is 7.11 Å². The Balaban J connectivity index is 1.63. The number of hydrogen-bond acceptors (Lipinski definition) is 4. The quantitative estimate of drug-likeness (QED) is 0.825. The first-order chi connectivity index (χ1) is 13.0. The number of carbonyl (C=O) groups excluding carboxylic acids is 1. The average Bonchev–Trinajstić information content (AvgIpc) is 2.69. The van der Waals surface area contributed by atoms with E-state index in [-0.39, 0.29) is 5.91 Å². The number of rotatable bonds is 5. The molecule has 1 aliphatic heterocycles. The summed E-state index contributed by atoms with van der Waals surface area (Å²) in [6.07, 6.45) is 3.33. The largest absolute Gasteiger partial charge is 0.497 e. The van der Waals surface area contributed by atoms with Crippen molar-refractivity contribution in [1.82, 2.24) is 4.90 Å². The number of amides is 1. The molecule has 1 fully saturated rings. The van der Waals surface area contributed by atoms with Gasteiger partial charge in [-0.1, -0.05) is 12.1 Å². The van der Waals surface area contributed by atoms with Gasteiger partial charge < -0.3 is 19.9 Å². The molecule has 27 heavy (non-hydrogen) atoms. The Morgan fingerprint density at radius 3 is 2.59 bits per heavy atom. The Bertz CT molecular complexity index is 824. The summed E-state index contributed by atoms with van der Waals surface area (Å²) < 4.78 is 5.20. The van der Waals surface area contributed by atoms with Gasteiger partial charge in [-0.2, -0.15) is 0 Å². The van der Waals surface area contributed by atoms with E-state index in [2.05, 4.69) is 34.3 Å². The second-order valence-corrected chi connectivity index (χ2v) is 6.89. The summed E-state index contributed by atoms with van der Waals surface area (Å²) in [4.78, 5) is 17.0. The molecule has 0 aromatic heterocycles. The van der Waals surface area contributed by atoms with Crippen LogP contribution in [0.3, 0.4) is 0 Å². The number of aryl methyl sites for hydroxylation is 1. The van der Waals surface area contributed by atoms with Crippen LogP contribution in [0.5, 0.6) is 5.75 Å². The molecule has 0 bridgehead atoms. The first kappa shape index (κ1) is 19.0. The molecular formula is C22H27N3O2. The first-order valence-corrected chi connectivity index (χ1v) is 9.22. The molecule has 142 valence electrons. The Kier molecular flexibility index (Phi) is 6.14. The molecule has 2 aromatic carbocycles. The van der Waals surface area contributed by atoms with Crippen LogP contribution in [0, 0.1) is 6.92 Å². The number of anilines is 2. The summed E-state index contributed by atoms with van der Waals surface area (Å²) in [7, 11) is 3.78. The third-order valence-corrected chi connectivity index (χ3v) is 4.86. The monoisotopic (exact) mass is 365 g/mol. The Morgan fingerprint density at radius 2 is 1.89 bits per heavy atom. The highest BCUT2D eigenvalue weighted by atomic mass is 16.5. The van der Waals surface area contributed by atoms with Gasteiger partial charge in [0.15, 0.2) is 0 Å². The van der Waals surface area contributed by atoms with E-state index in [0.29, 0.717) is 0 Å². The van der Waals surface area contributed by atoms with Gasteiger partial charge in [-0.15, -0.1) is 0 Å². The Morgan fingerprint density at radius 1 is 1.11 bits per heavy atom.